The van der Waals surface area contributed by atoms with Gasteiger partial charge in [0.1, 0.15) is 10.9 Å². The quantitative estimate of drug-likeness (QED) is 0.637. The van der Waals surface area contributed by atoms with Crippen LogP contribution in [0, 0.1) is 0 Å². The second kappa shape index (κ2) is 3.80. The summed E-state index contributed by atoms with van der Waals surface area (Å²) in [7, 11) is 0. The summed E-state index contributed by atoms with van der Waals surface area (Å²) in [6.07, 6.45) is -1.42. The third-order valence-corrected chi connectivity index (χ3v) is 1.37. The highest BCUT2D eigenvalue weighted by Crippen LogP contribution is 2.09. The molecule has 0 aliphatic rings. The van der Waals surface area contributed by atoms with Crippen LogP contribution in [0.2, 0.25) is 0 Å². The van der Waals surface area contributed by atoms with Crippen molar-refractivity contribution in [2.75, 3.05) is 0 Å². The number of nitrogens with two attached hydrogens (primary N) is 1. The zero-order valence-electron chi connectivity index (χ0n) is 4.80. The smallest absolute Gasteiger partial charge is 0.404 e. The van der Waals surface area contributed by atoms with Crippen molar-refractivity contribution in [2.24, 2.45) is 5.73 Å². The van der Waals surface area contributed by atoms with Crippen LogP contribution in [0.15, 0.2) is 0 Å². The van der Waals surface area contributed by atoms with Crippen LogP contribution < -0.4 is 5.73 Å². The van der Waals surface area contributed by atoms with Gasteiger partial charge in [0.25, 0.3) is 0 Å². The number of amides is 1. The maximum atomic E-state index is 10.00. The van der Waals surface area contributed by atoms with Crippen molar-refractivity contribution in [1.82, 2.24) is 0 Å². The Hall–Kier alpha value is -0.150. The van der Waals surface area contributed by atoms with Gasteiger partial charge < -0.3 is 10.5 Å². The number of halogens is 2. The van der Waals surface area contributed by atoms with Gasteiger partial charge in [0, 0.05) is 0 Å². The summed E-state index contributed by atoms with van der Waals surface area (Å²) in [5.74, 6) is 0. The predicted molar refractivity (Wildman–Crippen MR) is 35.6 cm³/mol. The van der Waals surface area contributed by atoms with Gasteiger partial charge in [-0.1, -0.05) is 0 Å². The highest BCUT2D eigenvalue weighted by Gasteiger charge is 2.13. The topological polar surface area (TPSA) is 52.3 Å². The Morgan fingerprint density at radius 2 is 2.11 bits per heavy atom. The fourth-order valence-corrected chi connectivity index (χ4v) is 0.338. The minimum absolute atomic E-state index is 0.550. The Labute approximate surface area is 63.1 Å². The monoisotopic (exact) mass is 171 g/mol. The molecule has 1 amide bonds. The second-order valence-corrected chi connectivity index (χ2v) is 2.64. The van der Waals surface area contributed by atoms with Crippen LogP contribution in [-0.2, 0) is 4.74 Å². The largest absolute Gasteiger partial charge is 0.444 e. The fraction of sp³-hybridized carbons (Fsp3) is 0.750. The van der Waals surface area contributed by atoms with Crippen molar-refractivity contribution in [1.29, 1.82) is 0 Å². The first-order valence-electron chi connectivity index (χ1n) is 2.28. The molecule has 0 spiro atoms. The van der Waals surface area contributed by atoms with Gasteiger partial charge in [-0.15, -0.1) is 23.2 Å². The molecule has 1 unspecified atom stereocenters. The number of alkyl halides is 2. The van der Waals surface area contributed by atoms with Gasteiger partial charge >= 0.3 is 6.09 Å². The molecule has 9 heavy (non-hydrogen) atoms. The van der Waals surface area contributed by atoms with Crippen LogP contribution in [0.1, 0.15) is 6.92 Å². The Kier molecular flexibility index (Phi) is 3.73. The van der Waals surface area contributed by atoms with Crippen molar-refractivity contribution in [2.45, 2.75) is 17.9 Å². The molecule has 0 aliphatic heterocycles. The van der Waals surface area contributed by atoms with Crippen molar-refractivity contribution in [3.05, 3.63) is 0 Å². The molecule has 3 nitrogen and oxygen atoms in total. The molecule has 0 bridgehead atoms. The van der Waals surface area contributed by atoms with E-state index in [2.05, 4.69) is 10.5 Å². The SMILES string of the molecule is CC(OC(N)=O)C(Cl)Cl. The van der Waals surface area contributed by atoms with E-state index in [0.717, 1.165) is 0 Å². The number of ether oxygens (including phenoxy) is 1. The Morgan fingerprint density at radius 1 is 1.67 bits per heavy atom. The molecular formula is C4H7Cl2NO2. The molecule has 5 heteroatoms. The van der Waals surface area contributed by atoms with Crippen LogP contribution in [0.5, 0.6) is 0 Å². The molecule has 2 N–H and O–H groups in total. The summed E-state index contributed by atoms with van der Waals surface area (Å²) in [4.78, 5) is 9.27. The Bertz CT molecular complexity index is 107. The molecule has 0 aliphatic carbocycles. The van der Waals surface area contributed by atoms with E-state index < -0.39 is 17.0 Å². The molecule has 0 heterocycles. The number of rotatable bonds is 2. The van der Waals surface area contributed by atoms with Crippen molar-refractivity contribution in [3.8, 4) is 0 Å². The summed E-state index contributed by atoms with van der Waals surface area (Å²) >= 11 is 10.6. The minimum atomic E-state index is -0.867. The first-order valence-corrected chi connectivity index (χ1v) is 3.15. The number of primary amides is 1. The van der Waals surface area contributed by atoms with Gasteiger partial charge in [-0.05, 0) is 6.92 Å². The predicted octanol–water partition coefficient (Wildman–Crippen LogP) is 1.27. The number of hydrogen-bond donors (Lipinski definition) is 1. The Balaban J connectivity index is 3.50. The van der Waals surface area contributed by atoms with E-state index in [0.29, 0.717) is 0 Å². The summed E-state index contributed by atoms with van der Waals surface area (Å²) in [5, 5.41) is 0. The van der Waals surface area contributed by atoms with E-state index in [1.165, 1.54) is 0 Å². The van der Waals surface area contributed by atoms with Crippen LogP contribution >= 0.6 is 23.2 Å². The molecule has 0 saturated carbocycles. The average molecular weight is 172 g/mol. The number of carbonyl (C=O) groups excluding carboxylic acids is 1. The molecule has 1 atom stereocenters. The third-order valence-electron chi connectivity index (χ3n) is 0.657. The first kappa shape index (κ1) is 8.85. The summed E-state index contributed by atoms with van der Waals surface area (Å²) in [6.45, 7) is 1.55. The highest BCUT2D eigenvalue weighted by molar-refractivity contribution is 6.44. The molecule has 0 aromatic rings. The van der Waals surface area contributed by atoms with E-state index in [1.54, 1.807) is 6.92 Å². The van der Waals surface area contributed by atoms with Crippen molar-refractivity contribution >= 4 is 29.3 Å². The molecule has 0 saturated heterocycles. The number of carbonyl (C=O) groups is 1. The maximum Gasteiger partial charge on any atom is 0.404 e. The summed E-state index contributed by atoms with van der Waals surface area (Å²) in [5.41, 5.74) is 4.65. The molecule has 0 radical (unpaired) electrons. The van der Waals surface area contributed by atoms with Crippen molar-refractivity contribution in [3.63, 3.8) is 0 Å². The van der Waals surface area contributed by atoms with E-state index in [9.17, 15) is 4.79 Å². The van der Waals surface area contributed by atoms with Crippen LogP contribution in [0.3, 0.4) is 0 Å². The molecule has 0 aromatic carbocycles. The molecule has 0 rings (SSSR count). The molecular weight excluding hydrogens is 165 g/mol. The van der Waals surface area contributed by atoms with E-state index in [-0.39, 0.29) is 0 Å². The van der Waals surface area contributed by atoms with Gasteiger partial charge in [0.2, 0.25) is 0 Å². The third kappa shape index (κ3) is 4.36. The molecule has 54 valence electrons. The van der Waals surface area contributed by atoms with Crippen LogP contribution in [0.25, 0.3) is 0 Å². The van der Waals surface area contributed by atoms with Gasteiger partial charge in [-0.2, -0.15) is 0 Å². The lowest BCUT2D eigenvalue weighted by molar-refractivity contribution is 0.122. The normalized spacial score (nSPS) is 13.3. The average Bonchev–Trinajstić information content (AvgIpc) is 1.63. The van der Waals surface area contributed by atoms with Crippen LogP contribution in [0.4, 0.5) is 4.79 Å². The lowest BCUT2D eigenvalue weighted by Crippen LogP contribution is -2.24. The van der Waals surface area contributed by atoms with Gasteiger partial charge in [-0.25, -0.2) is 4.79 Å². The number of hydrogen-bond acceptors (Lipinski definition) is 2. The first-order chi connectivity index (χ1) is 4.04. The van der Waals surface area contributed by atoms with Crippen LogP contribution in [-0.4, -0.2) is 17.0 Å². The molecule has 0 aromatic heterocycles. The maximum absolute atomic E-state index is 10.00. The molecule has 0 fully saturated rings. The lowest BCUT2D eigenvalue weighted by Gasteiger charge is -2.10. The highest BCUT2D eigenvalue weighted by atomic mass is 35.5. The van der Waals surface area contributed by atoms with E-state index in [1.807, 2.05) is 0 Å². The van der Waals surface area contributed by atoms with Gasteiger partial charge in [-0.3, -0.25) is 0 Å². The van der Waals surface area contributed by atoms with E-state index in [4.69, 9.17) is 23.2 Å². The van der Waals surface area contributed by atoms with Gasteiger partial charge in [0.15, 0.2) is 0 Å². The zero-order chi connectivity index (χ0) is 7.44. The summed E-state index contributed by atoms with van der Waals surface area (Å²) < 4.78 is 4.39. The lowest BCUT2D eigenvalue weighted by atomic mass is 10.5. The van der Waals surface area contributed by atoms with E-state index >= 15 is 0 Å². The second-order valence-electron chi connectivity index (χ2n) is 1.48. The van der Waals surface area contributed by atoms with Gasteiger partial charge in [0.05, 0.1) is 0 Å². The Morgan fingerprint density at radius 3 is 2.22 bits per heavy atom. The summed E-state index contributed by atoms with van der Waals surface area (Å²) in [6, 6.07) is 0. The fourth-order valence-electron chi connectivity index (χ4n) is 0.235. The standard InChI is InChI=1S/C4H7Cl2NO2/c1-2(3(5)6)9-4(7)8/h2-3H,1H3,(H2,7,8). The van der Waals surface area contributed by atoms with Crippen molar-refractivity contribution < 1.29 is 9.53 Å². The zero-order valence-corrected chi connectivity index (χ0v) is 6.32. The minimum Gasteiger partial charge on any atom is -0.444 e.